The van der Waals surface area contributed by atoms with Crippen LogP contribution in [0, 0.1) is 5.92 Å². The first-order valence-corrected chi connectivity index (χ1v) is 8.77. The topological polar surface area (TPSA) is 58.2 Å². The Balaban J connectivity index is 2.00. The minimum absolute atomic E-state index is 0.0145. The average molecular weight is 296 g/mol. The Bertz CT molecular complexity index is 517. The molecule has 4 nitrogen and oxygen atoms in total. The third-order valence-electron chi connectivity index (χ3n) is 3.63. The third kappa shape index (κ3) is 4.30. The van der Waals surface area contributed by atoms with E-state index in [9.17, 15) is 8.42 Å². The van der Waals surface area contributed by atoms with Crippen LogP contribution < -0.4 is 10.0 Å². The van der Waals surface area contributed by atoms with Gasteiger partial charge < -0.3 is 5.32 Å². The average Bonchev–Trinajstić information content (AvgIpc) is 2.89. The van der Waals surface area contributed by atoms with Crippen LogP contribution in [0.2, 0.25) is 0 Å². The van der Waals surface area contributed by atoms with Crippen molar-refractivity contribution in [2.24, 2.45) is 5.92 Å². The summed E-state index contributed by atoms with van der Waals surface area (Å²) >= 11 is 0. The predicted octanol–water partition coefficient (Wildman–Crippen LogP) is 1.92. The van der Waals surface area contributed by atoms with E-state index in [1.165, 1.54) is 5.56 Å². The maximum Gasteiger partial charge on any atom is 0.240 e. The Labute approximate surface area is 122 Å². The van der Waals surface area contributed by atoms with Gasteiger partial charge in [-0.25, -0.2) is 13.1 Å². The molecular formula is C15H24N2O2S. The molecule has 0 saturated carbocycles. The lowest BCUT2D eigenvalue weighted by molar-refractivity contribution is 0.560. The molecule has 0 aliphatic carbocycles. The minimum atomic E-state index is -3.38. The summed E-state index contributed by atoms with van der Waals surface area (Å²) in [5, 5.41) is 3.16. The van der Waals surface area contributed by atoms with E-state index in [2.05, 4.69) is 23.9 Å². The van der Waals surface area contributed by atoms with Crippen LogP contribution in [0.25, 0.3) is 0 Å². The summed E-state index contributed by atoms with van der Waals surface area (Å²) in [7, 11) is -3.38. The van der Waals surface area contributed by atoms with Gasteiger partial charge in [-0.3, -0.25) is 0 Å². The Hall–Kier alpha value is -0.910. The van der Waals surface area contributed by atoms with E-state index in [1.54, 1.807) is 12.1 Å². The fraction of sp³-hybridized carbons (Fsp3) is 0.600. The van der Waals surface area contributed by atoms with Crippen LogP contribution in [0.1, 0.15) is 32.3 Å². The summed E-state index contributed by atoms with van der Waals surface area (Å²) < 4.78 is 27.2. The summed E-state index contributed by atoms with van der Waals surface area (Å²) in [6.45, 7) is 5.98. The summed E-state index contributed by atoms with van der Waals surface area (Å²) in [5.74, 6) is 0.662. The van der Waals surface area contributed by atoms with Gasteiger partial charge in [0.2, 0.25) is 10.0 Å². The van der Waals surface area contributed by atoms with E-state index in [1.807, 2.05) is 12.1 Å². The van der Waals surface area contributed by atoms with Crippen molar-refractivity contribution in [1.29, 1.82) is 0 Å². The number of hydrogen-bond acceptors (Lipinski definition) is 3. The van der Waals surface area contributed by atoms with E-state index in [0.717, 1.165) is 25.8 Å². The molecule has 1 aromatic rings. The monoisotopic (exact) mass is 296 g/mol. The minimum Gasteiger partial charge on any atom is -0.315 e. The van der Waals surface area contributed by atoms with Gasteiger partial charge in [-0.05, 0) is 49.4 Å². The molecule has 1 unspecified atom stereocenters. The first-order valence-electron chi connectivity index (χ1n) is 7.29. The van der Waals surface area contributed by atoms with Crippen molar-refractivity contribution in [2.75, 3.05) is 13.1 Å². The third-order valence-corrected chi connectivity index (χ3v) is 5.16. The SMILES string of the molecule is CC(C)CCc1ccc(S(=O)(=O)NC2CCNC2)cc1. The van der Waals surface area contributed by atoms with Gasteiger partial charge in [-0.1, -0.05) is 26.0 Å². The van der Waals surface area contributed by atoms with Crippen LogP contribution in [-0.4, -0.2) is 27.5 Å². The first kappa shape index (κ1) is 15.5. The molecule has 1 atom stereocenters. The quantitative estimate of drug-likeness (QED) is 0.843. The number of benzene rings is 1. The number of hydrogen-bond donors (Lipinski definition) is 2. The van der Waals surface area contributed by atoms with Crippen LogP contribution >= 0.6 is 0 Å². The maximum absolute atomic E-state index is 12.2. The maximum atomic E-state index is 12.2. The molecule has 1 saturated heterocycles. The number of sulfonamides is 1. The van der Waals surface area contributed by atoms with Gasteiger partial charge in [-0.15, -0.1) is 0 Å². The van der Waals surface area contributed by atoms with Gasteiger partial charge in [0, 0.05) is 12.6 Å². The summed E-state index contributed by atoms with van der Waals surface area (Å²) in [5.41, 5.74) is 1.19. The normalized spacial score (nSPS) is 19.6. The molecule has 0 aromatic heterocycles. The molecule has 1 aliphatic rings. The largest absolute Gasteiger partial charge is 0.315 e. The van der Waals surface area contributed by atoms with E-state index < -0.39 is 10.0 Å². The van der Waals surface area contributed by atoms with Crippen LogP contribution in [0.15, 0.2) is 29.2 Å². The molecule has 0 radical (unpaired) electrons. The molecule has 1 aromatic carbocycles. The molecule has 20 heavy (non-hydrogen) atoms. The second kappa shape index (κ2) is 6.70. The molecule has 1 heterocycles. The Morgan fingerprint density at radius 1 is 1.30 bits per heavy atom. The fourth-order valence-electron chi connectivity index (χ4n) is 2.33. The Kier molecular flexibility index (Phi) is 5.18. The van der Waals surface area contributed by atoms with Gasteiger partial charge in [-0.2, -0.15) is 0 Å². The van der Waals surface area contributed by atoms with E-state index in [0.29, 0.717) is 17.4 Å². The highest BCUT2D eigenvalue weighted by atomic mass is 32.2. The molecule has 5 heteroatoms. The predicted molar refractivity (Wildman–Crippen MR) is 81.2 cm³/mol. The van der Waals surface area contributed by atoms with Crippen LogP contribution in [0.4, 0.5) is 0 Å². The van der Waals surface area contributed by atoms with Crippen LogP contribution in [0.3, 0.4) is 0 Å². The number of rotatable bonds is 6. The zero-order valence-electron chi connectivity index (χ0n) is 12.2. The fourth-order valence-corrected chi connectivity index (χ4v) is 3.60. The van der Waals surface area contributed by atoms with Crippen LogP contribution in [0.5, 0.6) is 0 Å². The summed E-state index contributed by atoms with van der Waals surface area (Å²) in [6.07, 6.45) is 2.97. The standard InChI is InChI=1S/C15H24N2O2S/c1-12(2)3-4-13-5-7-15(8-6-13)20(18,19)17-14-9-10-16-11-14/h5-8,12,14,16-17H,3-4,9-11H2,1-2H3. The molecule has 0 bridgehead atoms. The van der Waals surface area contributed by atoms with Crippen molar-refractivity contribution < 1.29 is 8.42 Å². The molecule has 0 spiro atoms. The first-order chi connectivity index (χ1) is 9.47. The van der Waals surface area contributed by atoms with Gasteiger partial charge in [0.15, 0.2) is 0 Å². The smallest absolute Gasteiger partial charge is 0.240 e. The summed E-state index contributed by atoms with van der Waals surface area (Å²) in [4.78, 5) is 0.359. The van der Waals surface area contributed by atoms with Crippen molar-refractivity contribution >= 4 is 10.0 Å². The van der Waals surface area contributed by atoms with Gasteiger partial charge in [0.25, 0.3) is 0 Å². The van der Waals surface area contributed by atoms with Gasteiger partial charge in [0.05, 0.1) is 4.90 Å². The van der Waals surface area contributed by atoms with Crippen molar-refractivity contribution in [3.63, 3.8) is 0 Å². The van der Waals surface area contributed by atoms with E-state index >= 15 is 0 Å². The molecule has 112 valence electrons. The zero-order valence-corrected chi connectivity index (χ0v) is 13.0. The van der Waals surface area contributed by atoms with Crippen molar-refractivity contribution in [3.05, 3.63) is 29.8 Å². The lowest BCUT2D eigenvalue weighted by Gasteiger charge is -2.12. The highest BCUT2D eigenvalue weighted by molar-refractivity contribution is 7.89. The molecule has 0 amide bonds. The van der Waals surface area contributed by atoms with Crippen molar-refractivity contribution in [2.45, 2.75) is 44.0 Å². The molecule has 2 N–H and O–H groups in total. The highest BCUT2D eigenvalue weighted by Gasteiger charge is 2.22. The zero-order chi connectivity index (χ0) is 14.6. The van der Waals surface area contributed by atoms with E-state index in [-0.39, 0.29) is 6.04 Å². The molecule has 1 aliphatic heterocycles. The second-order valence-corrected chi connectivity index (χ2v) is 7.60. The molecule has 2 rings (SSSR count). The second-order valence-electron chi connectivity index (χ2n) is 5.89. The highest BCUT2D eigenvalue weighted by Crippen LogP contribution is 2.15. The summed E-state index contributed by atoms with van der Waals surface area (Å²) in [6, 6.07) is 7.27. The lowest BCUT2D eigenvalue weighted by atomic mass is 10.0. The lowest BCUT2D eigenvalue weighted by Crippen LogP contribution is -2.36. The number of aryl methyl sites for hydroxylation is 1. The molecular weight excluding hydrogens is 272 g/mol. The Morgan fingerprint density at radius 3 is 2.55 bits per heavy atom. The molecule has 1 fully saturated rings. The van der Waals surface area contributed by atoms with Gasteiger partial charge >= 0.3 is 0 Å². The number of nitrogens with one attached hydrogen (secondary N) is 2. The van der Waals surface area contributed by atoms with Crippen molar-refractivity contribution in [3.8, 4) is 0 Å². The van der Waals surface area contributed by atoms with E-state index in [4.69, 9.17) is 0 Å². The van der Waals surface area contributed by atoms with Gasteiger partial charge in [0.1, 0.15) is 0 Å². The van der Waals surface area contributed by atoms with Crippen LogP contribution in [-0.2, 0) is 16.4 Å². The van der Waals surface area contributed by atoms with Crippen molar-refractivity contribution in [1.82, 2.24) is 10.0 Å². The Morgan fingerprint density at radius 2 is 2.00 bits per heavy atom.